The minimum Gasteiger partial charge on any atom is -0.354 e. The number of anilines is 1. The number of nitrogens with zero attached hydrogens (tertiary/aromatic N) is 2. The first-order valence-corrected chi connectivity index (χ1v) is 11.5. The van der Waals surface area contributed by atoms with Crippen molar-refractivity contribution in [3.05, 3.63) is 85.1 Å². The van der Waals surface area contributed by atoms with Gasteiger partial charge in [0.05, 0.1) is 11.6 Å². The maximum Gasteiger partial charge on any atom is 0.171 e. The third-order valence-corrected chi connectivity index (χ3v) is 7.09. The molecule has 1 aromatic heterocycles. The molecule has 0 spiro atoms. The van der Waals surface area contributed by atoms with E-state index in [1.54, 1.807) is 0 Å². The largest absolute Gasteiger partial charge is 0.354 e. The van der Waals surface area contributed by atoms with E-state index in [1.165, 1.54) is 17.4 Å². The first kappa shape index (κ1) is 20.2. The monoisotopic (exact) mass is 428 g/mol. The van der Waals surface area contributed by atoms with E-state index < -0.39 is 0 Å². The third-order valence-electron chi connectivity index (χ3n) is 6.87. The maximum atomic E-state index is 5.76. The molecule has 4 nitrogen and oxygen atoms in total. The van der Waals surface area contributed by atoms with Gasteiger partial charge in [-0.1, -0.05) is 42.5 Å². The number of hydrogen-bond donors (Lipinski definition) is 2. The van der Waals surface area contributed by atoms with Crippen LogP contribution in [-0.2, 0) is 0 Å². The average molecular weight is 429 g/mol. The van der Waals surface area contributed by atoms with E-state index in [2.05, 4.69) is 57.4 Å². The van der Waals surface area contributed by atoms with Crippen LogP contribution in [0.1, 0.15) is 24.4 Å². The molecule has 2 bridgehead atoms. The number of pyridine rings is 1. The molecule has 5 atom stereocenters. The van der Waals surface area contributed by atoms with Crippen molar-refractivity contribution in [1.29, 1.82) is 0 Å². The fraction of sp³-hybridized carbons (Fsp3) is 0.308. The molecule has 3 fully saturated rings. The quantitative estimate of drug-likeness (QED) is 0.434. The van der Waals surface area contributed by atoms with Gasteiger partial charge in [0, 0.05) is 29.9 Å². The Labute approximate surface area is 189 Å². The van der Waals surface area contributed by atoms with Crippen LogP contribution in [0.3, 0.4) is 0 Å². The molecule has 158 valence electrons. The first-order valence-electron chi connectivity index (χ1n) is 11.1. The minimum atomic E-state index is 0.0881. The van der Waals surface area contributed by atoms with Gasteiger partial charge < -0.3 is 10.6 Å². The predicted molar refractivity (Wildman–Crippen MR) is 132 cm³/mol. The smallest absolute Gasteiger partial charge is 0.171 e. The van der Waals surface area contributed by atoms with Gasteiger partial charge in [-0.05, 0) is 73.3 Å². The Morgan fingerprint density at radius 2 is 1.94 bits per heavy atom. The van der Waals surface area contributed by atoms with Crippen LogP contribution >= 0.6 is 12.2 Å². The molecule has 2 N–H and O–H groups in total. The molecule has 3 aliphatic rings. The second-order valence-electron chi connectivity index (χ2n) is 8.61. The van der Waals surface area contributed by atoms with Crippen molar-refractivity contribution in [3.8, 4) is 0 Å². The number of nitrogens with one attached hydrogen (secondary N) is 2. The zero-order chi connectivity index (χ0) is 21.2. The van der Waals surface area contributed by atoms with Crippen molar-refractivity contribution >= 4 is 33.9 Å². The van der Waals surface area contributed by atoms with Crippen LogP contribution in [0.4, 0.5) is 5.69 Å². The van der Waals surface area contributed by atoms with Crippen LogP contribution in [0, 0.1) is 11.8 Å². The molecule has 0 amide bonds. The van der Waals surface area contributed by atoms with Crippen molar-refractivity contribution in [2.75, 3.05) is 18.4 Å². The number of fused-ring (bicyclic) bond motifs is 4. The lowest BCUT2D eigenvalue weighted by atomic mass is 9.73. The van der Waals surface area contributed by atoms with Crippen molar-refractivity contribution in [3.63, 3.8) is 0 Å². The van der Waals surface area contributed by atoms with E-state index >= 15 is 0 Å². The van der Waals surface area contributed by atoms with E-state index in [-0.39, 0.29) is 6.04 Å². The summed E-state index contributed by atoms with van der Waals surface area (Å²) in [5, 5.41) is 8.89. The summed E-state index contributed by atoms with van der Waals surface area (Å²) in [7, 11) is 0. The number of piperidine rings is 3. The van der Waals surface area contributed by atoms with Gasteiger partial charge >= 0.3 is 0 Å². The summed E-state index contributed by atoms with van der Waals surface area (Å²) in [6, 6.07) is 21.1. The van der Waals surface area contributed by atoms with Crippen LogP contribution in [0.2, 0.25) is 0 Å². The van der Waals surface area contributed by atoms with Gasteiger partial charge in [0.25, 0.3) is 0 Å². The first-order chi connectivity index (χ1) is 15.2. The topological polar surface area (TPSA) is 40.2 Å². The molecule has 0 radical (unpaired) electrons. The summed E-state index contributed by atoms with van der Waals surface area (Å²) in [5.74, 6) is 1.29. The average Bonchev–Trinajstić information content (AvgIpc) is 2.83. The molecule has 2 aromatic carbocycles. The number of hydrogen-bond acceptors (Lipinski definition) is 3. The Kier molecular flexibility index (Phi) is 5.70. The molecule has 1 unspecified atom stereocenters. The molecule has 3 aliphatic heterocycles. The number of thiocarbonyl (C=S) groups is 1. The summed E-state index contributed by atoms with van der Waals surface area (Å²) in [4.78, 5) is 7.22. The third kappa shape index (κ3) is 4.08. The molecular weight excluding hydrogens is 400 g/mol. The zero-order valence-corrected chi connectivity index (χ0v) is 18.4. The summed E-state index contributed by atoms with van der Waals surface area (Å²) in [6.07, 6.45) is 6.48. The van der Waals surface area contributed by atoms with Crippen molar-refractivity contribution in [2.45, 2.75) is 24.9 Å². The van der Waals surface area contributed by atoms with Gasteiger partial charge in [-0.15, -0.1) is 6.58 Å². The lowest BCUT2D eigenvalue weighted by molar-refractivity contribution is 0.00443. The predicted octanol–water partition coefficient (Wildman–Crippen LogP) is 5.16. The molecule has 6 rings (SSSR count). The van der Waals surface area contributed by atoms with E-state index in [1.807, 2.05) is 42.6 Å². The SMILES string of the molecule is C=C[C@H]1CN2CC[C@H]1C[C@H]2[C@@H](NC(=S)Nc1ccccc1)c1ccnc2ccccc12. The number of aromatic nitrogens is 1. The van der Waals surface area contributed by atoms with Gasteiger partial charge in [0.2, 0.25) is 0 Å². The standard InChI is InChI=1S/C26H28N4S/c1-2-18-17-30-15-13-19(18)16-24(30)25(29-26(31)28-20-8-4-3-5-9-20)22-12-14-27-23-11-7-6-10-21(22)23/h2-12,14,18-19,24-25H,1,13,15-17H2,(H2,28,29,31)/t18-,19-,24-,25-/m0/s1. The van der Waals surface area contributed by atoms with Crippen LogP contribution in [0.5, 0.6) is 0 Å². The minimum absolute atomic E-state index is 0.0881. The summed E-state index contributed by atoms with van der Waals surface area (Å²) >= 11 is 5.76. The van der Waals surface area contributed by atoms with Crippen LogP contribution in [-0.4, -0.2) is 34.1 Å². The number of benzene rings is 2. The number of rotatable bonds is 5. The van der Waals surface area contributed by atoms with Gasteiger partial charge in [-0.3, -0.25) is 9.88 Å². The van der Waals surface area contributed by atoms with Gasteiger partial charge in [-0.25, -0.2) is 0 Å². The van der Waals surface area contributed by atoms with E-state index in [4.69, 9.17) is 12.2 Å². The Balaban J connectivity index is 1.48. The highest BCUT2D eigenvalue weighted by Gasteiger charge is 2.43. The maximum absolute atomic E-state index is 5.76. The molecule has 3 aromatic rings. The normalized spacial score (nSPS) is 25.7. The molecule has 5 heteroatoms. The van der Waals surface area contributed by atoms with Crippen molar-refractivity contribution < 1.29 is 0 Å². The molecule has 31 heavy (non-hydrogen) atoms. The van der Waals surface area contributed by atoms with E-state index in [0.717, 1.165) is 30.7 Å². The van der Waals surface area contributed by atoms with Crippen molar-refractivity contribution in [2.24, 2.45) is 11.8 Å². The van der Waals surface area contributed by atoms with Gasteiger partial charge in [0.15, 0.2) is 5.11 Å². The Morgan fingerprint density at radius 3 is 2.71 bits per heavy atom. The Bertz CT molecular complexity index is 1080. The fourth-order valence-electron chi connectivity index (χ4n) is 5.32. The second-order valence-corrected chi connectivity index (χ2v) is 9.01. The highest BCUT2D eigenvalue weighted by atomic mass is 32.1. The molecule has 3 saturated heterocycles. The molecule has 0 saturated carbocycles. The van der Waals surface area contributed by atoms with Crippen molar-refractivity contribution in [1.82, 2.24) is 15.2 Å². The highest BCUT2D eigenvalue weighted by Crippen LogP contribution is 2.42. The fourth-order valence-corrected chi connectivity index (χ4v) is 5.57. The lowest BCUT2D eigenvalue weighted by Crippen LogP contribution is -2.57. The summed E-state index contributed by atoms with van der Waals surface area (Å²) in [6.45, 7) is 6.31. The molecular formula is C26H28N4S. The van der Waals surface area contributed by atoms with E-state index in [0.29, 0.717) is 23.0 Å². The lowest BCUT2D eigenvalue weighted by Gasteiger charge is -2.52. The molecule has 0 aliphatic carbocycles. The number of para-hydroxylation sites is 2. The van der Waals surface area contributed by atoms with Crippen LogP contribution in [0.15, 0.2) is 79.5 Å². The summed E-state index contributed by atoms with van der Waals surface area (Å²) in [5.41, 5.74) is 3.28. The zero-order valence-electron chi connectivity index (χ0n) is 17.6. The Morgan fingerprint density at radius 1 is 1.13 bits per heavy atom. The van der Waals surface area contributed by atoms with Gasteiger partial charge in [-0.2, -0.15) is 0 Å². The Hall–Kier alpha value is -2.76. The molecule has 4 heterocycles. The van der Waals surface area contributed by atoms with Crippen LogP contribution < -0.4 is 10.6 Å². The van der Waals surface area contributed by atoms with Gasteiger partial charge in [0.1, 0.15) is 0 Å². The second kappa shape index (κ2) is 8.77. The van der Waals surface area contributed by atoms with E-state index in [9.17, 15) is 0 Å². The van der Waals surface area contributed by atoms with Crippen LogP contribution in [0.25, 0.3) is 10.9 Å². The summed E-state index contributed by atoms with van der Waals surface area (Å²) < 4.78 is 0. The highest BCUT2D eigenvalue weighted by molar-refractivity contribution is 7.80.